The van der Waals surface area contributed by atoms with Gasteiger partial charge >= 0.3 is 0 Å². The highest BCUT2D eigenvalue weighted by Gasteiger charge is 2.10. The van der Waals surface area contributed by atoms with Gasteiger partial charge in [-0.2, -0.15) is 5.26 Å². The number of nitrogens with zero attached hydrogens (tertiary/aromatic N) is 1. The fourth-order valence-corrected chi connectivity index (χ4v) is 1.92. The van der Waals surface area contributed by atoms with Gasteiger partial charge in [-0.3, -0.25) is 0 Å². The highest BCUT2D eigenvalue weighted by Crippen LogP contribution is 2.24. The number of para-hydroxylation sites is 1. The number of anilines is 1. The molecule has 2 aromatic carbocycles. The van der Waals surface area contributed by atoms with Crippen molar-refractivity contribution in [3.8, 4) is 11.8 Å². The summed E-state index contributed by atoms with van der Waals surface area (Å²) < 4.78 is 5.14. The topological polar surface area (TPSA) is 45.0 Å². The third-order valence-corrected chi connectivity index (χ3v) is 2.93. The van der Waals surface area contributed by atoms with Crippen molar-refractivity contribution in [1.29, 1.82) is 5.26 Å². The molecule has 0 amide bonds. The number of nitriles is 1. The van der Waals surface area contributed by atoms with E-state index in [1.54, 1.807) is 7.11 Å². The smallest absolute Gasteiger partial charge is 0.118 e. The summed E-state index contributed by atoms with van der Waals surface area (Å²) in [6.07, 6.45) is 0.418. The van der Waals surface area contributed by atoms with Crippen LogP contribution in [0.1, 0.15) is 18.0 Å². The van der Waals surface area contributed by atoms with E-state index in [0.717, 1.165) is 17.0 Å². The van der Waals surface area contributed by atoms with Gasteiger partial charge in [0, 0.05) is 5.69 Å². The van der Waals surface area contributed by atoms with E-state index in [0.29, 0.717) is 6.42 Å². The first-order valence-corrected chi connectivity index (χ1v) is 6.16. The molecule has 1 atom stereocenters. The van der Waals surface area contributed by atoms with E-state index in [1.807, 2.05) is 54.6 Å². The summed E-state index contributed by atoms with van der Waals surface area (Å²) in [5.41, 5.74) is 2.09. The molecule has 1 unspecified atom stereocenters. The van der Waals surface area contributed by atoms with Crippen LogP contribution in [0.2, 0.25) is 0 Å². The predicted octanol–water partition coefficient (Wildman–Crippen LogP) is 3.76. The number of benzene rings is 2. The van der Waals surface area contributed by atoms with Crippen molar-refractivity contribution in [1.82, 2.24) is 0 Å². The van der Waals surface area contributed by atoms with Gasteiger partial charge in [0.05, 0.1) is 25.6 Å². The van der Waals surface area contributed by atoms with Crippen molar-refractivity contribution in [3.05, 3.63) is 60.2 Å². The zero-order valence-electron chi connectivity index (χ0n) is 10.8. The largest absolute Gasteiger partial charge is 0.497 e. The summed E-state index contributed by atoms with van der Waals surface area (Å²) in [5, 5.41) is 12.3. The molecule has 19 heavy (non-hydrogen) atoms. The Kier molecular flexibility index (Phi) is 4.41. The lowest BCUT2D eigenvalue weighted by Crippen LogP contribution is -2.10. The van der Waals surface area contributed by atoms with E-state index in [4.69, 9.17) is 10.00 Å². The lowest BCUT2D eigenvalue weighted by Gasteiger charge is -2.18. The molecule has 0 aliphatic heterocycles. The first kappa shape index (κ1) is 13.0. The molecular formula is C16H16N2O. The van der Waals surface area contributed by atoms with Gasteiger partial charge in [0.2, 0.25) is 0 Å². The SMILES string of the molecule is COc1ccc(C(CC#N)Nc2ccccc2)cc1. The molecule has 2 aromatic rings. The molecule has 0 aromatic heterocycles. The van der Waals surface area contributed by atoms with Crippen LogP contribution in [-0.4, -0.2) is 7.11 Å². The second-order valence-corrected chi connectivity index (χ2v) is 4.20. The Hall–Kier alpha value is -2.47. The predicted molar refractivity (Wildman–Crippen MR) is 76.0 cm³/mol. The maximum atomic E-state index is 8.96. The molecule has 0 fully saturated rings. The molecule has 0 radical (unpaired) electrons. The van der Waals surface area contributed by atoms with E-state index in [2.05, 4.69) is 11.4 Å². The minimum Gasteiger partial charge on any atom is -0.497 e. The molecule has 0 aliphatic carbocycles. The summed E-state index contributed by atoms with van der Waals surface area (Å²) in [7, 11) is 1.64. The molecule has 0 heterocycles. The fourth-order valence-electron chi connectivity index (χ4n) is 1.92. The summed E-state index contributed by atoms with van der Waals surface area (Å²) in [4.78, 5) is 0. The monoisotopic (exact) mass is 252 g/mol. The average molecular weight is 252 g/mol. The third-order valence-electron chi connectivity index (χ3n) is 2.93. The van der Waals surface area contributed by atoms with Crippen molar-refractivity contribution < 1.29 is 4.74 Å². The molecule has 3 heteroatoms. The standard InChI is InChI=1S/C16H16N2O/c1-19-15-9-7-13(8-10-15)16(11-12-17)18-14-5-3-2-4-6-14/h2-10,16,18H,11H2,1H3. The van der Waals surface area contributed by atoms with Crippen LogP contribution in [0.4, 0.5) is 5.69 Å². The molecule has 0 saturated carbocycles. The van der Waals surface area contributed by atoms with E-state index in [1.165, 1.54) is 0 Å². The maximum absolute atomic E-state index is 8.96. The zero-order valence-corrected chi connectivity index (χ0v) is 10.8. The highest BCUT2D eigenvalue weighted by molar-refractivity contribution is 5.46. The molecule has 3 nitrogen and oxygen atoms in total. The van der Waals surface area contributed by atoms with Gasteiger partial charge in [-0.1, -0.05) is 30.3 Å². The molecular weight excluding hydrogens is 236 g/mol. The Balaban J connectivity index is 2.17. The number of rotatable bonds is 5. The summed E-state index contributed by atoms with van der Waals surface area (Å²) >= 11 is 0. The third kappa shape index (κ3) is 3.49. The summed E-state index contributed by atoms with van der Waals surface area (Å²) in [6, 6.07) is 19.9. The molecule has 96 valence electrons. The van der Waals surface area contributed by atoms with Crippen LogP contribution < -0.4 is 10.1 Å². The first-order valence-electron chi connectivity index (χ1n) is 6.16. The Morgan fingerprint density at radius 1 is 1.11 bits per heavy atom. The van der Waals surface area contributed by atoms with Gasteiger partial charge in [-0.15, -0.1) is 0 Å². The molecule has 0 aliphatic rings. The van der Waals surface area contributed by atoms with Gasteiger partial charge in [0.15, 0.2) is 0 Å². The van der Waals surface area contributed by atoms with Crippen LogP contribution in [-0.2, 0) is 0 Å². The van der Waals surface area contributed by atoms with Gasteiger partial charge in [-0.25, -0.2) is 0 Å². The Bertz CT molecular complexity index is 543. The number of ether oxygens (including phenoxy) is 1. The van der Waals surface area contributed by atoms with E-state index < -0.39 is 0 Å². The number of methoxy groups -OCH3 is 1. The van der Waals surface area contributed by atoms with Crippen LogP contribution in [0, 0.1) is 11.3 Å². The minimum atomic E-state index is -0.0155. The van der Waals surface area contributed by atoms with Gasteiger partial charge in [-0.05, 0) is 29.8 Å². The number of nitrogens with one attached hydrogen (secondary N) is 1. The van der Waals surface area contributed by atoms with Crippen LogP contribution in [0.25, 0.3) is 0 Å². The molecule has 2 rings (SSSR count). The van der Waals surface area contributed by atoms with E-state index >= 15 is 0 Å². The minimum absolute atomic E-state index is 0.0155. The maximum Gasteiger partial charge on any atom is 0.118 e. The quantitative estimate of drug-likeness (QED) is 0.881. The van der Waals surface area contributed by atoms with Crippen LogP contribution in [0.5, 0.6) is 5.75 Å². The van der Waals surface area contributed by atoms with E-state index in [-0.39, 0.29) is 6.04 Å². The molecule has 0 spiro atoms. The van der Waals surface area contributed by atoms with E-state index in [9.17, 15) is 0 Å². The summed E-state index contributed by atoms with van der Waals surface area (Å²) in [5.74, 6) is 0.819. The first-order chi connectivity index (χ1) is 9.33. The van der Waals surface area contributed by atoms with Gasteiger partial charge in [0.25, 0.3) is 0 Å². The zero-order chi connectivity index (χ0) is 13.5. The Morgan fingerprint density at radius 3 is 2.37 bits per heavy atom. The van der Waals surface area contributed by atoms with Crippen LogP contribution in [0.3, 0.4) is 0 Å². The van der Waals surface area contributed by atoms with Crippen molar-refractivity contribution in [3.63, 3.8) is 0 Å². The normalized spacial score (nSPS) is 11.4. The summed E-state index contributed by atoms with van der Waals surface area (Å²) in [6.45, 7) is 0. The van der Waals surface area contributed by atoms with Crippen molar-refractivity contribution in [2.24, 2.45) is 0 Å². The fraction of sp³-hybridized carbons (Fsp3) is 0.188. The van der Waals surface area contributed by atoms with Crippen molar-refractivity contribution in [2.75, 3.05) is 12.4 Å². The molecule has 0 bridgehead atoms. The number of hydrogen-bond acceptors (Lipinski definition) is 3. The number of hydrogen-bond donors (Lipinski definition) is 1. The van der Waals surface area contributed by atoms with Crippen molar-refractivity contribution >= 4 is 5.69 Å². The lowest BCUT2D eigenvalue weighted by molar-refractivity contribution is 0.414. The molecule has 1 N–H and O–H groups in total. The lowest BCUT2D eigenvalue weighted by atomic mass is 10.0. The average Bonchev–Trinajstić information content (AvgIpc) is 2.48. The highest BCUT2D eigenvalue weighted by atomic mass is 16.5. The van der Waals surface area contributed by atoms with Crippen LogP contribution in [0.15, 0.2) is 54.6 Å². The second kappa shape index (κ2) is 6.46. The Morgan fingerprint density at radius 2 is 1.79 bits per heavy atom. The van der Waals surface area contributed by atoms with Gasteiger partial charge in [0.1, 0.15) is 5.75 Å². The molecule has 0 saturated heterocycles. The Labute approximate surface area is 113 Å². The van der Waals surface area contributed by atoms with Crippen LogP contribution >= 0.6 is 0 Å². The van der Waals surface area contributed by atoms with Gasteiger partial charge < -0.3 is 10.1 Å². The van der Waals surface area contributed by atoms with Crippen molar-refractivity contribution in [2.45, 2.75) is 12.5 Å². The second-order valence-electron chi connectivity index (χ2n) is 4.20.